The van der Waals surface area contributed by atoms with Gasteiger partial charge < -0.3 is 4.98 Å². The van der Waals surface area contributed by atoms with E-state index in [0.717, 1.165) is 53.0 Å². The molecule has 1 aliphatic heterocycles. The zero-order chi connectivity index (χ0) is 24.1. The highest BCUT2D eigenvalue weighted by atomic mass is 32.1. The van der Waals surface area contributed by atoms with Gasteiger partial charge in [-0.15, -0.1) is 0 Å². The van der Waals surface area contributed by atoms with E-state index in [1.54, 1.807) is 23.7 Å². The van der Waals surface area contributed by atoms with E-state index in [2.05, 4.69) is 47.6 Å². The van der Waals surface area contributed by atoms with E-state index < -0.39 is 0 Å². The van der Waals surface area contributed by atoms with E-state index >= 15 is 4.39 Å². The molecule has 9 heteroatoms. The number of aromatic nitrogens is 6. The van der Waals surface area contributed by atoms with Crippen LogP contribution in [0, 0.1) is 5.82 Å². The maximum Gasteiger partial charge on any atom is 0.178 e. The predicted octanol–water partition coefficient (Wildman–Crippen LogP) is 6.03. The van der Waals surface area contributed by atoms with E-state index in [1.807, 2.05) is 23.7 Å². The first kappa shape index (κ1) is 21.3. The molecule has 1 aromatic carbocycles. The van der Waals surface area contributed by atoms with E-state index in [4.69, 9.17) is 4.98 Å². The number of imidazole rings is 1. The Balaban J connectivity index is 1.31. The number of nitrogens with zero attached hydrogens (tertiary/aromatic N) is 5. The van der Waals surface area contributed by atoms with Crippen LogP contribution in [0.3, 0.4) is 0 Å². The van der Waals surface area contributed by atoms with Gasteiger partial charge in [-0.1, -0.05) is 0 Å². The second-order valence-electron chi connectivity index (χ2n) is 9.17. The Morgan fingerprint density at radius 3 is 2.81 bits per heavy atom. The van der Waals surface area contributed by atoms with Crippen molar-refractivity contribution in [3.63, 3.8) is 0 Å². The van der Waals surface area contributed by atoms with Crippen LogP contribution in [-0.2, 0) is 6.54 Å². The van der Waals surface area contributed by atoms with E-state index in [1.165, 1.54) is 18.9 Å². The zero-order valence-corrected chi connectivity index (χ0v) is 20.1. The van der Waals surface area contributed by atoms with Crippen LogP contribution in [0.15, 0.2) is 59.7 Å². The third-order valence-corrected chi connectivity index (χ3v) is 7.49. The first-order chi connectivity index (χ1) is 17.7. The number of fused-ring (bicyclic) bond motifs is 2. The summed E-state index contributed by atoms with van der Waals surface area (Å²) in [5.74, 6) is 0.184. The average molecular weight is 496 g/mol. The Morgan fingerprint density at radius 1 is 1.03 bits per heavy atom. The monoisotopic (exact) mass is 495 g/mol. The highest BCUT2D eigenvalue weighted by Crippen LogP contribution is 2.34. The Bertz CT molecular complexity index is 1700. The third-order valence-electron chi connectivity index (χ3n) is 6.81. The maximum absolute atomic E-state index is 15.2. The number of rotatable bonds is 5. The van der Waals surface area contributed by atoms with Crippen molar-refractivity contribution in [1.82, 2.24) is 35.0 Å². The van der Waals surface area contributed by atoms with Crippen molar-refractivity contribution in [2.75, 3.05) is 13.1 Å². The van der Waals surface area contributed by atoms with Gasteiger partial charge in [0.1, 0.15) is 11.2 Å². The highest BCUT2D eigenvalue weighted by Gasteiger charge is 2.19. The summed E-state index contributed by atoms with van der Waals surface area (Å²) in [7, 11) is 0. The van der Waals surface area contributed by atoms with Crippen molar-refractivity contribution in [1.29, 1.82) is 0 Å². The lowest BCUT2D eigenvalue weighted by atomic mass is 10.0. The summed E-state index contributed by atoms with van der Waals surface area (Å²) < 4.78 is 15.2. The molecule has 0 spiro atoms. The molecule has 5 aromatic heterocycles. The molecule has 6 heterocycles. The number of benzene rings is 1. The summed E-state index contributed by atoms with van der Waals surface area (Å²) >= 11 is 1.64. The minimum Gasteiger partial charge on any atom is -0.335 e. The molecule has 7 nitrogen and oxygen atoms in total. The van der Waals surface area contributed by atoms with Crippen molar-refractivity contribution in [2.24, 2.45) is 0 Å². The Kier molecular flexibility index (Phi) is 5.11. The molecule has 0 radical (unpaired) electrons. The van der Waals surface area contributed by atoms with Crippen molar-refractivity contribution < 1.29 is 4.39 Å². The first-order valence-corrected chi connectivity index (χ1v) is 12.9. The van der Waals surface area contributed by atoms with Crippen LogP contribution >= 0.6 is 11.3 Å². The fourth-order valence-corrected chi connectivity index (χ4v) is 5.70. The smallest absolute Gasteiger partial charge is 0.178 e. The third kappa shape index (κ3) is 3.68. The molecule has 1 fully saturated rings. The second kappa shape index (κ2) is 8.61. The van der Waals surface area contributed by atoms with E-state index in [0.29, 0.717) is 22.6 Å². The summed E-state index contributed by atoms with van der Waals surface area (Å²) in [5.41, 5.74) is 7.24. The van der Waals surface area contributed by atoms with Gasteiger partial charge in [-0.25, -0.2) is 14.4 Å². The van der Waals surface area contributed by atoms with Gasteiger partial charge in [0.05, 0.1) is 5.52 Å². The molecule has 0 unspecified atom stereocenters. The van der Waals surface area contributed by atoms with E-state index in [-0.39, 0.29) is 11.3 Å². The lowest BCUT2D eigenvalue weighted by Gasteiger charge is -2.14. The number of nitrogens with one attached hydrogen (secondary N) is 2. The van der Waals surface area contributed by atoms with Crippen molar-refractivity contribution in [3.05, 3.63) is 71.1 Å². The Hall–Kier alpha value is -3.95. The number of aromatic amines is 2. The minimum atomic E-state index is -0.386. The largest absolute Gasteiger partial charge is 0.335 e. The molecule has 2 N–H and O–H groups in total. The quantitative estimate of drug-likeness (QED) is 0.305. The number of halogens is 1. The molecule has 0 bridgehead atoms. The fraction of sp³-hybridized carbons (Fsp3) is 0.185. The standard InChI is InChI=1S/C27H22FN7S/c28-22-11-18(19-9-16(12-29-13-19)14-35-6-1-2-7-35)10-21-23(22)33-34-25(21)27-31-24-20(17-4-8-36-15-17)3-5-30-26(24)32-27/h3-5,8-13,15H,1-2,6-7,14H2,(H,33,34)(H,30,31,32). The molecule has 7 rings (SSSR count). The van der Waals surface area contributed by atoms with Crippen LogP contribution in [0.1, 0.15) is 18.4 Å². The van der Waals surface area contributed by atoms with Gasteiger partial charge in [-0.05, 0) is 83.7 Å². The molecule has 0 aliphatic carbocycles. The molecular formula is C27H22FN7S. The highest BCUT2D eigenvalue weighted by molar-refractivity contribution is 7.08. The van der Waals surface area contributed by atoms with E-state index in [9.17, 15) is 0 Å². The molecule has 0 atom stereocenters. The molecule has 1 aliphatic rings. The number of hydrogen-bond donors (Lipinski definition) is 2. The van der Waals surface area contributed by atoms with Gasteiger partial charge in [-0.3, -0.25) is 15.0 Å². The first-order valence-electron chi connectivity index (χ1n) is 11.9. The molecule has 1 saturated heterocycles. The molecule has 0 saturated carbocycles. The zero-order valence-electron chi connectivity index (χ0n) is 19.3. The Labute approximate surface area is 210 Å². The lowest BCUT2D eigenvalue weighted by Crippen LogP contribution is -2.18. The van der Waals surface area contributed by atoms with Crippen LogP contribution in [0.2, 0.25) is 0 Å². The molecule has 178 valence electrons. The number of hydrogen-bond acceptors (Lipinski definition) is 6. The van der Waals surface area contributed by atoms with Crippen LogP contribution in [0.5, 0.6) is 0 Å². The predicted molar refractivity (Wildman–Crippen MR) is 140 cm³/mol. The van der Waals surface area contributed by atoms with Gasteiger partial charge in [0, 0.05) is 41.6 Å². The van der Waals surface area contributed by atoms with Gasteiger partial charge >= 0.3 is 0 Å². The molecule has 6 aromatic rings. The fourth-order valence-electron chi connectivity index (χ4n) is 5.04. The van der Waals surface area contributed by atoms with Gasteiger partial charge in [0.15, 0.2) is 17.3 Å². The lowest BCUT2D eigenvalue weighted by molar-refractivity contribution is 0.331. The minimum absolute atomic E-state index is 0.279. The van der Waals surface area contributed by atoms with Gasteiger partial charge in [0.25, 0.3) is 0 Å². The second-order valence-corrected chi connectivity index (χ2v) is 9.95. The van der Waals surface area contributed by atoms with Gasteiger partial charge in [-0.2, -0.15) is 16.4 Å². The molecule has 36 heavy (non-hydrogen) atoms. The van der Waals surface area contributed by atoms with Crippen molar-refractivity contribution in [3.8, 4) is 33.8 Å². The van der Waals surface area contributed by atoms with Gasteiger partial charge in [0.2, 0.25) is 0 Å². The number of pyridine rings is 2. The summed E-state index contributed by atoms with van der Waals surface area (Å²) in [6.07, 6.45) is 7.91. The van der Waals surface area contributed by atoms with Crippen LogP contribution in [0.25, 0.3) is 55.8 Å². The van der Waals surface area contributed by atoms with Crippen LogP contribution in [0.4, 0.5) is 4.39 Å². The van der Waals surface area contributed by atoms with Crippen molar-refractivity contribution >= 4 is 33.4 Å². The SMILES string of the molecule is Fc1cc(-c2cncc(CN3CCCC3)c2)cc2c(-c3nc4nccc(-c5ccsc5)c4[nH]3)[nH]nc12. The van der Waals surface area contributed by atoms with Crippen LogP contribution in [-0.4, -0.2) is 48.1 Å². The maximum atomic E-state index is 15.2. The summed E-state index contributed by atoms with van der Waals surface area (Å²) in [4.78, 5) is 19.4. The topological polar surface area (TPSA) is 86.4 Å². The molecule has 0 amide bonds. The number of thiophene rings is 1. The van der Waals surface area contributed by atoms with Crippen molar-refractivity contribution in [2.45, 2.75) is 19.4 Å². The number of likely N-dealkylation sites (tertiary alicyclic amines) is 1. The van der Waals surface area contributed by atoms with Crippen LogP contribution < -0.4 is 0 Å². The number of H-pyrrole nitrogens is 2. The average Bonchev–Trinajstić information content (AvgIpc) is 3.70. The normalized spacial score (nSPS) is 14.4. The summed E-state index contributed by atoms with van der Waals surface area (Å²) in [6.45, 7) is 3.09. The summed E-state index contributed by atoms with van der Waals surface area (Å²) in [5, 5.41) is 12.0. The Morgan fingerprint density at radius 2 is 1.94 bits per heavy atom. The summed E-state index contributed by atoms with van der Waals surface area (Å²) in [6, 6.07) is 9.62. The molecular weight excluding hydrogens is 473 g/mol.